The van der Waals surface area contributed by atoms with E-state index in [9.17, 15) is 9.90 Å². The summed E-state index contributed by atoms with van der Waals surface area (Å²) >= 11 is 0. The third-order valence-electron chi connectivity index (χ3n) is 5.04. The highest BCUT2D eigenvalue weighted by atomic mass is 16.4. The van der Waals surface area contributed by atoms with Gasteiger partial charge in [0.25, 0.3) is 0 Å². The maximum atomic E-state index is 11.5. The number of benzene rings is 1. The van der Waals surface area contributed by atoms with Crippen molar-refractivity contribution in [2.75, 3.05) is 0 Å². The van der Waals surface area contributed by atoms with Gasteiger partial charge >= 0.3 is 5.97 Å². The lowest BCUT2D eigenvalue weighted by Crippen LogP contribution is -2.05. The van der Waals surface area contributed by atoms with Gasteiger partial charge in [0.2, 0.25) is 0 Å². The van der Waals surface area contributed by atoms with Crippen molar-refractivity contribution in [2.45, 2.75) is 18.8 Å². The van der Waals surface area contributed by atoms with E-state index >= 15 is 0 Å². The predicted octanol–water partition coefficient (Wildman–Crippen LogP) is 3.29. The first-order chi connectivity index (χ1) is 11.7. The van der Waals surface area contributed by atoms with Crippen molar-refractivity contribution in [1.29, 1.82) is 0 Å². The van der Waals surface area contributed by atoms with Crippen LogP contribution in [0.15, 0.2) is 48.7 Å². The first-order valence-corrected chi connectivity index (χ1v) is 8.09. The number of hydrogen-bond donors (Lipinski definition) is 1. The summed E-state index contributed by atoms with van der Waals surface area (Å²) in [5, 5.41) is 13.7. The molecular weight excluding hydrogens is 302 g/mol. The van der Waals surface area contributed by atoms with Crippen LogP contribution in [0, 0.1) is 5.92 Å². The predicted molar refractivity (Wildman–Crippen MR) is 88.3 cm³/mol. The second kappa shape index (κ2) is 4.77. The zero-order valence-corrected chi connectivity index (χ0v) is 12.9. The van der Waals surface area contributed by atoms with E-state index in [1.165, 1.54) is 0 Å². The van der Waals surface area contributed by atoms with E-state index in [2.05, 4.69) is 10.1 Å². The fraction of sp³-hybridized carbons (Fsp3) is 0.211. The van der Waals surface area contributed by atoms with Gasteiger partial charge in [-0.25, -0.2) is 14.5 Å². The molecule has 2 aliphatic carbocycles. The lowest BCUT2D eigenvalue weighted by molar-refractivity contribution is 0.0688. The highest BCUT2D eigenvalue weighted by molar-refractivity contribution is 5.88. The molecule has 0 bridgehead atoms. The Morgan fingerprint density at radius 1 is 1.12 bits per heavy atom. The zero-order valence-electron chi connectivity index (χ0n) is 12.9. The van der Waals surface area contributed by atoms with Gasteiger partial charge in [-0.15, -0.1) is 0 Å². The van der Waals surface area contributed by atoms with Crippen molar-refractivity contribution >= 4 is 5.97 Å². The SMILES string of the molecule is O=C(O)c1nn(-c2ccc(-c3ccccc3)cn2)c2c1C[C@@H]1C[C@H]21. The quantitative estimate of drug-likeness (QED) is 0.805. The van der Waals surface area contributed by atoms with Crippen molar-refractivity contribution < 1.29 is 9.90 Å². The fourth-order valence-corrected chi connectivity index (χ4v) is 3.77. The molecule has 0 unspecified atom stereocenters. The van der Waals surface area contributed by atoms with Crippen LogP contribution in [0.2, 0.25) is 0 Å². The second-order valence-corrected chi connectivity index (χ2v) is 6.51. The Kier molecular flexibility index (Phi) is 2.68. The lowest BCUT2D eigenvalue weighted by Gasteiger charge is -2.07. The van der Waals surface area contributed by atoms with E-state index in [0.717, 1.165) is 35.2 Å². The van der Waals surface area contributed by atoms with Crippen LogP contribution < -0.4 is 0 Å². The Hall–Kier alpha value is -2.95. The molecule has 1 saturated carbocycles. The topological polar surface area (TPSA) is 68.0 Å². The molecule has 118 valence electrons. The summed E-state index contributed by atoms with van der Waals surface area (Å²) in [6.45, 7) is 0. The molecule has 2 aromatic heterocycles. The normalized spacial score (nSPS) is 20.5. The van der Waals surface area contributed by atoms with Gasteiger partial charge < -0.3 is 5.11 Å². The molecule has 0 saturated heterocycles. The summed E-state index contributed by atoms with van der Waals surface area (Å²) in [5.41, 5.74) is 4.28. The number of carboxylic acid groups (broad SMARTS) is 1. The van der Waals surface area contributed by atoms with Gasteiger partial charge in [0.05, 0.1) is 5.69 Å². The summed E-state index contributed by atoms with van der Waals surface area (Å²) in [6.07, 6.45) is 3.79. The van der Waals surface area contributed by atoms with Crippen molar-refractivity contribution in [3.8, 4) is 16.9 Å². The molecule has 2 aliphatic rings. The van der Waals surface area contributed by atoms with E-state index in [4.69, 9.17) is 0 Å². The fourth-order valence-electron chi connectivity index (χ4n) is 3.77. The van der Waals surface area contributed by atoms with E-state index in [-0.39, 0.29) is 5.69 Å². The van der Waals surface area contributed by atoms with Crippen molar-refractivity contribution in [3.63, 3.8) is 0 Å². The number of carboxylic acids is 1. The Balaban J connectivity index is 1.58. The minimum atomic E-state index is -0.952. The molecule has 0 aliphatic heterocycles. The molecule has 1 aromatic carbocycles. The number of aromatic nitrogens is 3. The third kappa shape index (κ3) is 1.91. The average Bonchev–Trinajstić information content (AvgIpc) is 3.11. The van der Waals surface area contributed by atoms with Crippen LogP contribution in [0.25, 0.3) is 16.9 Å². The number of hydrogen-bond acceptors (Lipinski definition) is 3. The summed E-state index contributed by atoms with van der Waals surface area (Å²) in [7, 11) is 0. The highest BCUT2D eigenvalue weighted by Crippen LogP contribution is 2.57. The number of aromatic carboxylic acids is 1. The van der Waals surface area contributed by atoms with Gasteiger partial charge in [0, 0.05) is 23.2 Å². The molecule has 5 rings (SSSR count). The number of fused-ring (bicyclic) bond motifs is 3. The van der Waals surface area contributed by atoms with E-state index in [0.29, 0.717) is 17.7 Å². The Bertz CT molecular complexity index is 945. The maximum absolute atomic E-state index is 11.5. The summed E-state index contributed by atoms with van der Waals surface area (Å²) in [5.74, 6) is 0.792. The Labute approximate surface area is 138 Å². The average molecular weight is 317 g/mol. The van der Waals surface area contributed by atoms with Crippen LogP contribution in [0.3, 0.4) is 0 Å². The van der Waals surface area contributed by atoms with Gasteiger partial charge in [-0.1, -0.05) is 30.3 Å². The molecular formula is C19H15N3O2. The molecule has 5 heteroatoms. The van der Waals surface area contributed by atoms with E-state index in [1.54, 1.807) is 4.68 Å². The highest BCUT2D eigenvalue weighted by Gasteiger charge is 2.50. The van der Waals surface area contributed by atoms with Crippen LogP contribution in [0.4, 0.5) is 0 Å². The first kappa shape index (κ1) is 13.5. The van der Waals surface area contributed by atoms with Crippen LogP contribution in [-0.4, -0.2) is 25.8 Å². The van der Waals surface area contributed by atoms with Gasteiger partial charge in [-0.05, 0) is 36.5 Å². The lowest BCUT2D eigenvalue weighted by atomic mass is 10.1. The molecule has 3 aromatic rings. The summed E-state index contributed by atoms with van der Waals surface area (Å²) < 4.78 is 1.74. The molecule has 5 nitrogen and oxygen atoms in total. The van der Waals surface area contributed by atoms with Crippen molar-refractivity contribution in [1.82, 2.24) is 14.8 Å². The molecule has 2 atom stereocenters. The second-order valence-electron chi connectivity index (χ2n) is 6.51. The number of pyridine rings is 1. The van der Waals surface area contributed by atoms with Crippen LogP contribution >= 0.6 is 0 Å². The standard InChI is InChI=1S/C19H15N3O2/c23-19(24)17-15-9-13-8-14(13)18(15)22(21-17)16-7-6-12(10-20-16)11-4-2-1-3-5-11/h1-7,10,13-14H,8-9H2,(H,23,24)/t13-,14-/m0/s1. The number of nitrogens with zero attached hydrogens (tertiary/aromatic N) is 3. The summed E-state index contributed by atoms with van der Waals surface area (Å²) in [4.78, 5) is 16.0. The number of rotatable bonds is 3. The van der Waals surface area contributed by atoms with Crippen LogP contribution in [0.5, 0.6) is 0 Å². The Morgan fingerprint density at radius 3 is 2.67 bits per heavy atom. The zero-order chi connectivity index (χ0) is 16.3. The van der Waals surface area contributed by atoms with Crippen LogP contribution in [-0.2, 0) is 6.42 Å². The first-order valence-electron chi connectivity index (χ1n) is 8.09. The third-order valence-corrected chi connectivity index (χ3v) is 5.04. The largest absolute Gasteiger partial charge is 0.476 e. The Morgan fingerprint density at radius 2 is 1.96 bits per heavy atom. The van der Waals surface area contributed by atoms with E-state index in [1.807, 2.05) is 48.7 Å². The molecule has 2 heterocycles. The minimum absolute atomic E-state index is 0.186. The van der Waals surface area contributed by atoms with Crippen molar-refractivity contribution in [2.24, 2.45) is 5.92 Å². The van der Waals surface area contributed by atoms with Gasteiger partial charge in [0.15, 0.2) is 11.5 Å². The molecule has 1 fully saturated rings. The van der Waals surface area contributed by atoms with Gasteiger partial charge in [-0.3, -0.25) is 0 Å². The minimum Gasteiger partial charge on any atom is -0.476 e. The smallest absolute Gasteiger partial charge is 0.356 e. The summed E-state index contributed by atoms with van der Waals surface area (Å²) in [6, 6.07) is 14.0. The monoisotopic (exact) mass is 317 g/mol. The maximum Gasteiger partial charge on any atom is 0.356 e. The molecule has 24 heavy (non-hydrogen) atoms. The van der Waals surface area contributed by atoms with E-state index < -0.39 is 5.97 Å². The molecule has 0 amide bonds. The number of carbonyl (C=O) groups is 1. The van der Waals surface area contributed by atoms with Crippen LogP contribution in [0.1, 0.15) is 34.1 Å². The molecule has 0 spiro atoms. The van der Waals surface area contributed by atoms with Gasteiger partial charge in [-0.2, -0.15) is 5.10 Å². The van der Waals surface area contributed by atoms with Gasteiger partial charge in [0.1, 0.15) is 0 Å². The molecule has 0 radical (unpaired) electrons. The molecule has 1 N–H and O–H groups in total. The van der Waals surface area contributed by atoms with Crippen molar-refractivity contribution in [3.05, 3.63) is 65.6 Å².